The van der Waals surface area contributed by atoms with Crippen molar-refractivity contribution < 1.29 is 19.0 Å². The van der Waals surface area contributed by atoms with Crippen LogP contribution < -0.4 is 11.1 Å². The van der Waals surface area contributed by atoms with Gasteiger partial charge in [-0.1, -0.05) is 35.9 Å². The molecule has 0 fully saturated rings. The van der Waals surface area contributed by atoms with Gasteiger partial charge in [-0.3, -0.25) is 4.79 Å². The highest BCUT2D eigenvalue weighted by Crippen LogP contribution is 2.26. The molecule has 0 amide bonds. The largest absolute Gasteiger partial charge is 0.466 e. The number of benzene rings is 2. The molecule has 7 heteroatoms. The molecule has 30 heavy (non-hydrogen) atoms. The number of hydrogen-bond donors (Lipinski definition) is 3. The number of halogens is 2. The fraction of sp³-hybridized carbons (Fsp3) is 0.435. The number of esters is 1. The summed E-state index contributed by atoms with van der Waals surface area (Å²) in [6, 6.07) is 11.8. The Bertz CT molecular complexity index is 802. The number of carbonyl (C=O) groups excluding carboxylic acids is 1. The van der Waals surface area contributed by atoms with Crippen LogP contribution in [0, 0.1) is 11.7 Å². The molecule has 0 spiro atoms. The number of nitrogens with two attached hydrogens (primary N) is 1. The van der Waals surface area contributed by atoms with E-state index in [9.17, 15) is 9.18 Å². The Balaban J connectivity index is 1.98. The topological polar surface area (TPSA) is 84.6 Å². The van der Waals surface area contributed by atoms with Crippen LogP contribution in [0.4, 0.5) is 4.39 Å². The molecule has 2 atom stereocenters. The molecule has 5 nitrogen and oxygen atoms in total. The summed E-state index contributed by atoms with van der Waals surface area (Å²) in [6.07, 6.45) is 1.70. The first-order valence-corrected chi connectivity index (χ1v) is 10.6. The van der Waals surface area contributed by atoms with E-state index in [-0.39, 0.29) is 30.4 Å². The van der Waals surface area contributed by atoms with Crippen LogP contribution in [0.15, 0.2) is 42.5 Å². The number of hydrogen-bond acceptors (Lipinski definition) is 5. The number of nitrogens with one attached hydrogen (secondary N) is 1. The van der Waals surface area contributed by atoms with E-state index in [1.165, 1.54) is 12.1 Å². The molecule has 4 N–H and O–H groups in total. The first kappa shape index (κ1) is 24.3. The summed E-state index contributed by atoms with van der Waals surface area (Å²) in [5.41, 5.74) is 8.52. The van der Waals surface area contributed by atoms with Crippen molar-refractivity contribution in [3.8, 4) is 11.1 Å². The quantitative estimate of drug-likeness (QED) is 0.350. The molecule has 0 heterocycles. The number of aliphatic hydroxyl groups is 1. The average molecular weight is 437 g/mol. The minimum atomic E-state index is -0.323. The summed E-state index contributed by atoms with van der Waals surface area (Å²) in [5.74, 6) is -0.868. The maximum Gasteiger partial charge on any atom is 0.309 e. The Labute approximate surface area is 182 Å². The summed E-state index contributed by atoms with van der Waals surface area (Å²) in [5, 5.41) is 12.4. The average Bonchev–Trinajstić information content (AvgIpc) is 2.73. The van der Waals surface area contributed by atoms with Gasteiger partial charge in [0.05, 0.1) is 19.1 Å². The Morgan fingerprint density at radius 2 is 1.97 bits per heavy atom. The molecular formula is C23H30ClFN2O3. The van der Waals surface area contributed by atoms with E-state index >= 15 is 0 Å². The van der Waals surface area contributed by atoms with Crippen LogP contribution in [0.3, 0.4) is 0 Å². The van der Waals surface area contributed by atoms with Gasteiger partial charge in [-0.25, -0.2) is 4.39 Å². The van der Waals surface area contributed by atoms with Crippen molar-refractivity contribution in [1.82, 2.24) is 5.32 Å². The third-order valence-electron chi connectivity index (χ3n) is 4.86. The Hall–Kier alpha value is -1.99. The first-order chi connectivity index (χ1) is 14.4. The van der Waals surface area contributed by atoms with Crippen LogP contribution in [0.1, 0.15) is 25.3 Å². The van der Waals surface area contributed by atoms with Crippen LogP contribution >= 0.6 is 11.6 Å². The van der Waals surface area contributed by atoms with E-state index < -0.39 is 0 Å². The Kier molecular flexibility index (Phi) is 10.2. The van der Waals surface area contributed by atoms with Gasteiger partial charge >= 0.3 is 5.97 Å². The summed E-state index contributed by atoms with van der Waals surface area (Å²) in [4.78, 5) is 12.3. The lowest BCUT2D eigenvalue weighted by molar-refractivity contribution is -0.148. The van der Waals surface area contributed by atoms with Gasteiger partial charge in [0, 0.05) is 23.2 Å². The number of rotatable bonds is 12. The third kappa shape index (κ3) is 7.69. The van der Waals surface area contributed by atoms with E-state index in [1.807, 2.05) is 24.3 Å². The lowest BCUT2D eigenvalue weighted by atomic mass is 9.92. The summed E-state index contributed by atoms with van der Waals surface area (Å²) in [6.45, 7) is 3.26. The van der Waals surface area contributed by atoms with Crippen molar-refractivity contribution >= 4 is 17.6 Å². The third-order valence-corrected chi connectivity index (χ3v) is 5.09. The second-order valence-electron chi connectivity index (χ2n) is 7.23. The van der Waals surface area contributed by atoms with Gasteiger partial charge in [-0.2, -0.15) is 0 Å². The lowest BCUT2D eigenvalue weighted by Gasteiger charge is -2.20. The van der Waals surface area contributed by atoms with Crippen LogP contribution in [0.2, 0.25) is 5.02 Å². The number of aliphatic hydroxyl groups excluding tert-OH is 1. The molecule has 0 aliphatic heterocycles. The van der Waals surface area contributed by atoms with Crippen molar-refractivity contribution in [2.24, 2.45) is 11.7 Å². The molecule has 2 aromatic carbocycles. The molecule has 0 saturated carbocycles. The van der Waals surface area contributed by atoms with E-state index in [0.29, 0.717) is 49.5 Å². The molecule has 0 radical (unpaired) electrons. The van der Waals surface area contributed by atoms with Crippen molar-refractivity contribution in [3.63, 3.8) is 0 Å². The smallest absolute Gasteiger partial charge is 0.309 e. The molecule has 0 aliphatic rings. The monoisotopic (exact) mass is 436 g/mol. The SMILES string of the molecule is CCOC(=O)[C@H](CCNCCO)C[C@H](N)Cc1ccc(-c2cc(Cl)ccc2F)cc1. The van der Waals surface area contributed by atoms with Gasteiger partial charge in [-0.15, -0.1) is 0 Å². The van der Waals surface area contributed by atoms with Gasteiger partial charge in [0.15, 0.2) is 0 Å². The van der Waals surface area contributed by atoms with Gasteiger partial charge in [-0.05, 0) is 62.1 Å². The standard InChI is InChI=1S/C23H30ClFN2O3/c1-2-30-23(29)18(9-10-27-11-12-28)14-20(26)13-16-3-5-17(6-4-16)21-15-19(24)7-8-22(21)25/h3-8,15,18,20,27-28H,2,9-14,26H2,1H3/t18-,20-/m1/s1. The summed E-state index contributed by atoms with van der Waals surface area (Å²) >= 11 is 5.98. The highest BCUT2D eigenvalue weighted by atomic mass is 35.5. The van der Waals surface area contributed by atoms with Gasteiger partial charge in [0.25, 0.3) is 0 Å². The van der Waals surface area contributed by atoms with Crippen LogP contribution in [-0.2, 0) is 16.0 Å². The summed E-state index contributed by atoms with van der Waals surface area (Å²) < 4.78 is 19.2. The normalized spacial score (nSPS) is 13.1. The fourth-order valence-corrected chi connectivity index (χ4v) is 3.54. The lowest BCUT2D eigenvalue weighted by Crippen LogP contribution is -2.32. The van der Waals surface area contributed by atoms with Crippen molar-refractivity contribution in [1.29, 1.82) is 0 Å². The van der Waals surface area contributed by atoms with E-state index in [1.54, 1.807) is 13.0 Å². The van der Waals surface area contributed by atoms with E-state index in [2.05, 4.69) is 5.32 Å². The van der Waals surface area contributed by atoms with E-state index in [0.717, 1.165) is 11.1 Å². The van der Waals surface area contributed by atoms with Crippen molar-refractivity contribution in [2.75, 3.05) is 26.3 Å². The predicted octanol–water partition coefficient (Wildman–Crippen LogP) is 3.56. The predicted molar refractivity (Wildman–Crippen MR) is 118 cm³/mol. The second-order valence-corrected chi connectivity index (χ2v) is 7.67. The van der Waals surface area contributed by atoms with Crippen molar-refractivity contribution in [2.45, 2.75) is 32.2 Å². The summed E-state index contributed by atoms with van der Waals surface area (Å²) in [7, 11) is 0. The maximum absolute atomic E-state index is 14.1. The molecule has 0 aliphatic carbocycles. The molecule has 0 unspecified atom stereocenters. The second kappa shape index (κ2) is 12.6. The van der Waals surface area contributed by atoms with Crippen LogP contribution in [0.25, 0.3) is 11.1 Å². The van der Waals surface area contributed by atoms with Gasteiger partial charge < -0.3 is 20.9 Å². The number of ether oxygens (including phenoxy) is 1. The molecule has 2 aromatic rings. The molecule has 2 rings (SSSR count). The van der Waals surface area contributed by atoms with Crippen LogP contribution in [-0.4, -0.2) is 43.4 Å². The van der Waals surface area contributed by atoms with Gasteiger partial charge in [0.2, 0.25) is 0 Å². The molecule has 164 valence electrons. The zero-order chi connectivity index (χ0) is 21.9. The molecular weight excluding hydrogens is 407 g/mol. The first-order valence-electron chi connectivity index (χ1n) is 10.2. The fourth-order valence-electron chi connectivity index (χ4n) is 3.36. The zero-order valence-corrected chi connectivity index (χ0v) is 18.0. The molecule has 0 aromatic heterocycles. The minimum Gasteiger partial charge on any atom is -0.466 e. The van der Waals surface area contributed by atoms with Crippen molar-refractivity contribution in [3.05, 3.63) is 58.9 Å². The highest BCUT2D eigenvalue weighted by Gasteiger charge is 2.22. The minimum absolute atomic E-state index is 0.0542. The Morgan fingerprint density at radius 3 is 2.63 bits per heavy atom. The highest BCUT2D eigenvalue weighted by molar-refractivity contribution is 6.30. The maximum atomic E-state index is 14.1. The molecule has 0 saturated heterocycles. The molecule has 0 bridgehead atoms. The zero-order valence-electron chi connectivity index (χ0n) is 17.2. The number of carbonyl (C=O) groups is 1. The Morgan fingerprint density at radius 1 is 1.23 bits per heavy atom. The van der Waals surface area contributed by atoms with E-state index in [4.69, 9.17) is 27.2 Å². The van der Waals surface area contributed by atoms with Crippen LogP contribution in [0.5, 0.6) is 0 Å². The van der Waals surface area contributed by atoms with Gasteiger partial charge in [0.1, 0.15) is 5.82 Å².